The van der Waals surface area contributed by atoms with Crippen LogP contribution in [0, 0.1) is 0 Å². The molecule has 0 unspecified atom stereocenters. The van der Waals surface area contributed by atoms with Crippen molar-refractivity contribution < 1.29 is 4.79 Å². The fourth-order valence-corrected chi connectivity index (χ4v) is 3.13. The quantitative estimate of drug-likeness (QED) is 0.813. The maximum Gasteiger partial charge on any atom is 0.185 e. The number of piperazine rings is 1. The predicted octanol–water partition coefficient (Wildman–Crippen LogP) is 2.67. The van der Waals surface area contributed by atoms with Crippen molar-refractivity contribution >= 4 is 27.9 Å². The van der Waals surface area contributed by atoms with Gasteiger partial charge >= 0.3 is 0 Å². The molecule has 1 fully saturated rings. The Morgan fingerprint density at radius 1 is 1.10 bits per heavy atom. The number of nitrogens with zero attached hydrogens (tertiary/aromatic N) is 3. The monoisotopic (exact) mass is 287 g/mol. The lowest BCUT2D eigenvalue weighted by atomic mass is 10.1. The van der Waals surface area contributed by atoms with E-state index in [1.165, 1.54) is 5.69 Å². The van der Waals surface area contributed by atoms with Gasteiger partial charge in [0.2, 0.25) is 0 Å². The molecule has 1 aromatic carbocycles. The third-order valence-electron chi connectivity index (χ3n) is 3.61. The molecule has 0 N–H and O–H groups in total. The minimum atomic E-state index is 0.116. The van der Waals surface area contributed by atoms with Crippen molar-refractivity contribution in [2.24, 2.45) is 0 Å². The lowest BCUT2D eigenvalue weighted by molar-refractivity contribution is 0.101. The van der Waals surface area contributed by atoms with E-state index in [4.69, 9.17) is 0 Å². The molecule has 4 nitrogen and oxygen atoms in total. The number of ketones is 1. The standard InChI is InChI=1S/C15H17N3OS/c1-12(19)13-2-4-14(5-3-13)17-7-9-18(10-8-17)15-16-6-11-20-15/h2-6,11H,7-10H2,1H3. The third kappa shape index (κ3) is 2.67. The first-order valence-corrected chi connectivity index (χ1v) is 7.62. The summed E-state index contributed by atoms with van der Waals surface area (Å²) in [6.07, 6.45) is 1.85. The van der Waals surface area contributed by atoms with E-state index >= 15 is 0 Å². The zero-order valence-electron chi connectivity index (χ0n) is 11.5. The molecule has 5 heteroatoms. The number of anilines is 2. The highest BCUT2D eigenvalue weighted by atomic mass is 32.1. The summed E-state index contributed by atoms with van der Waals surface area (Å²) in [4.78, 5) is 20.3. The fourth-order valence-electron chi connectivity index (χ4n) is 2.43. The van der Waals surface area contributed by atoms with Crippen LogP contribution >= 0.6 is 11.3 Å². The molecule has 20 heavy (non-hydrogen) atoms. The maximum atomic E-state index is 11.3. The average Bonchev–Trinajstić information content (AvgIpc) is 3.02. The molecule has 2 heterocycles. The van der Waals surface area contributed by atoms with Crippen molar-refractivity contribution in [3.8, 4) is 0 Å². The first-order valence-electron chi connectivity index (χ1n) is 6.74. The fraction of sp³-hybridized carbons (Fsp3) is 0.333. The van der Waals surface area contributed by atoms with Gasteiger partial charge < -0.3 is 9.80 Å². The number of benzene rings is 1. The van der Waals surface area contributed by atoms with Gasteiger partial charge in [0.15, 0.2) is 10.9 Å². The molecule has 0 aliphatic carbocycles. The molecule has 0 bridgehead atoms. The Labute approximate surface area is 122 Å². The number of carbonyl (C=O) groups is 1. The van der Waals surface area contributed by atoms with Gasteiger partial charge in [0, 0.05) is 49.0 Å². The topological polar surface area (TPSA) is 36.4 Å². The average molecular weight is 287 g/mol. The minimum absolute atomic E-state index is 0.116. The second-order valence-corrected chi connectivity index (χ2v) is 5.76. The summed E-state index contributed by atoms with van der Waals surface area (Å²) in [6, 6.07) is 7.89. The van der Waals surface area contributed by atoms with Crippen LogP contribution in [0.2, 0.25) is 0 Å². The van der Waals surface area contributed by atoms with Crippen LogP contribution in [0.5, 0.6) is 0 Å². The molecule has 0 saturated carbocycles. The Hall–Kier alpha value is -1.88. The number of rotatable bonds is 3. The lowest BCUT2D eigenvalue weighted by Gasteiger charge is -2.36. The van der Waals surface area contributed by atoms with Gasteiger partial charge in [-0.1, -0.05) is 0 Å². The van der Waals surface area contributed by atoms with Crippen LogP contribution < -0.4 is 9.80 Å². The van der Waals surface area contributed by atoms with Crippen molar-refractivity contribution in [2.45, 2.75) is 6.92 Å². The van der Waals surface area contributed by atoms with Crippen molar-refractivity contribution in [2.75, 3.05) is 36.0 Å². The summed E-state index contributed by atoms with van der Waals surface area (Å²) >= 11 is 1.69. The van der Waals surface area contributed by atoms with E-state index in [0.717, 1.165) is 36.9 Å². The maximum absolute atomic E-state index is 11.3. The van der Waals surface area contributed by atoms with Crippen LogP contribution in [0.1, 0.15) is 17.3 Å². The Kier molecular flexibility index (Phi) is 3.69. The van der Waals surface area contributed by atoms with Gasteiger partial charge in [-0.05, 0) is 31.2 Å². The zero-order valence-corrected chi connectivity index (χ0v) is 12.3. The Morgan fingerprint density at radius 3 is 2.30 bits per heavy atom. The highest BCUT2D eigenvalue weighted by Gasteiger charge is 2.18. The molecular weight excluding hydrogens is 270 g/mol. The zero-order chi connectivity index (χ0) is 13.9. The first-order chi connectivity index (χ1) is 9.74. The molecule has 2 aromatic rings. The Morgan fingerprint density at radius 2 is 1.75 bits per heavy atom. The predicted molar refractivity (Wildman–Crippen MR) is 83.0 cm³/mol. The van der Waals surface area contributed by atoms with E-state index in [0.29, 0.717) is 0 Å². The highest BCUT2D eigenvalue weighted by Crippen LogP contribution is 2.22. The second kappa shape index (κ2) is 5.63. The number of thiazole rings is 1. The lowest BCUT2D eigenvalue weighted by Crippen LogP contribution is -2.46. The van der Waals surface area contributed by atoms with Gasteiger partial charge in [0.05, 0.1) is 0 Å². The van der Waals surface area contributed by atoms with Crippen LogP contribution in [-0.2, 0) is 0 Å². The van der Waals surface area contributed by atoms with Crippen LogP contribution in [0.3, 0.4) is 0 Å². The normalized spacial score (nSPS) is 15.4. The number of hydrogen-bond donors (Lipinski definition) is 0. The van der Waals surface area contributed by atoms with E-state index in [1.54, 1.807) is 18.3 Å². The van der Waals surface area contributed by atoms with Crippen molar-refractivity contribution in [1.82, 2.24) is 4.98 Å². The number of Topliss-reactive ketones (excluding diaryl/α,β-unsaturated/α-hetero) is 1. The van der Waals surface area contributed by atoms with Crippen molar-refractivity contribution in [1.29, 1.82) is 0 Å². The second-order valence-electron chi connectivity index (χ2n) is 4.89. The van der Waals surface area contributed by atoms with Crippen LogP contribution in [0.4, 0.5) is 10.8 Å². The molecule has 104 valence electrons. The molecule has 0 amide bonds. The SMILES string of the molecule is CC(=O)c1ccc(N2CCN(c3nccs3)CC2)cc1. The van der Waals surface area contributed by atoms with E-state index in [1.807, 2.05) is 35.8 Å². The summed E-state index contributed by atoms with van der Waals surface area (Å²) in [5.74, 6) is 0.116. The number of carbonyl (C=O) groups excluding carboxylic acids is 1. The summed E-state index contributed by atoms with van der Waals surface area (Å²) < 4.78 is 0. The van der Waals surface area contributed by atoms with Crippen LogP contribution in [-0.4, -0.2) is 36.9 Å². The summed E-state index contributed by atoms with van der Waals surface area (Å²) in [5.41, 5.74) is 1.96. The molecule has 1 saturated heterocycles. The third-order valence-corrected chi connectivity index (χ3v) is 4.44. The Balaban J connectivity index is 1.64. The molecule has 0 radical (unpaired) electrons. The molecular formula is C15H17N3OS. The molecule has 3 rings (SSSR count). The van der Waals surface area contributed by atoms with Crippen LogP contribution in [0.15, 0.2) is 35.8 Å². The van der Waals surface area contributed by atoms with E-state index in [2.05, 4.69) is 14.8 Å². The van der Waals surface area contributed by atoms with Gasteiger partial charge in [-0.15, -0.1) is 11.3 Å². The smallest absolute Gasteiger partial charge is 0.185 e. The highest BCUT2D eigenvalue weighted by molar-refractivity contribution is 7.13. The molecule has 1 aliphatic heterocycles. The van der Waals surface area contributed by atoms with E-state index in [-0.39, 0.29) is 5.78 Å². The minimum Gasteiger partial charge on any atom is -0.368 e. The first kappa shape index (κ1) is 13.1. The molecule has 1 aliphatic rings. The van der Waals surface area contributed by atoms with Gasteiger partial charge in [-0.2, -0.15) is 0 Å². The van der Waals surface area contributed by atoms with Gasteiger partial charge in [-0.3, -0.25) is 4.79 Å². The van der Waals surface area contributed by atoms with Gasteiger partial charge in [-0.25, -0.2) is 4.98 Å². The number of aromatic nitrogens is 1. The molecule has 1 aromatic heterocycles. The van der Waals surface area contributed by atoms with Crippen LogP contribution in [0.25, 0.3) is 0 Å². The number of hydrogen-bond acceptors (Lipinski definition) is 5. The van der Waals surface area contributed by atoms with Gasteiger partial charge in [0.25, 0.3) is 0 Å². The van der Waals surface area contributed by atoms with Gasteiger partial charge in [0.1, 0.15) is 0 Å². The summed E-state index contributed by atoms with van der Waals surface area (Å²) in [5, 5.41) is 3.12. The largest absolute Gasteiger partial charge is 0.368 e. The molecule has 0 spiro atoms. The summed E-state index contributed by atoms with van der Waals surface area (Å²) in [6.45, 7) is 5.55. The van der Waals surface area contributed by atoms with E-state index in [9.17, 15) is 4.79 Å². The summed E-state index contributed by atoms with van der Waals surface area (Å²) in [7, 11) is 0. The molecule has 0 atom stereocenters. The van der Waals surface area contributed by atoms with E-state index < -0.39 is 0 Å². The Bertz CT molecular complexity index is 572. The van der Waals surface area contributed by atoms with Crippen molar-refractivity contribution in [3.05, 3.63) is 41.4 Å². The van der Waals surface area contributed by atoms with Crippen molar-refractivity contribution in [3.63, 3.8) is 0 Å².